The predicted molar refractivity (Wildman–Crippen MR) is 290 cm³/mol. The van der Waals surface area contributed by atoms with Crippen molar-refractivity contribution in [3.8, 4) is 27.9 Å². The summed E-state index contributed by atoms with van der Waals surface area (Å²) in [5, 5.41) is 10.5. The summed E-state index contributed by atoms with van der Waals surface area (Å²) in [5.41, 5.74) is 20.6. The van der Waals surface area contributed by atoms with E-state index in [0.717, 1.165) is 0 Å². The van der Waals surface area contributed by atoms with Crippen molar-refractivity contribution in [2.24, 2.45) is 0 Å². The Hall–Kier alpha value is -7.34. The standard InChI is InChI=1S/C62H46BN3S/c1-61(2,3)37-25-28-52-44(29-37)48-30-38(62(4,5)6)31-50-58(48)65(52)59-56-47(33-49-41-18-11-13-22-55(41)67-60(49)59)46-32-45-43-20-14-19-42-40-17-10-12-21-51(40)64(57(42)43)53(45)34-54(46)66(63(50)56)39-26-23-36(24-27-39)35-15-8-7-9-16-35/h7-34H,1-6H3. The van der Waals surface area contributed by atoms with Crippen LogP contribution in [0.25, 0.3) is 108 Å². The Labute approximate surface area is 393 Å². The van der Waals surface area contributed by atoms with Gasteiger partial charge in [-0.05, 0) is 110 Å². The van der Waals surface area contributed by atoms with Crippen LogP contribution in [0.4, 0.5) is 11.4 Å². The first-order chi connectivity index (χ1) is 32.5. The minimum Gasteiger partial charge on any atom is -0.376 e. The maximum Gasteiger partial charge on any atom is 0.333 e. The van der Waals surface area contributed by atoms with Crippen LogP contribution in [0.1, 0.15) is 52.7 Å². The lowest BCUT2D eigenvalue weighted by Gasteiger charge is -2.42. The van der Waals surface area contributed by atoms with Gasteiger partial charge in [0.05, 0.1) is 38.0 Å². The van der Waals surface area contributed by atoms with E-state index in [4.69, 9.17) is 0 Å². The molecule has 0 saturated carbocycles. The molecule has 0 fully saturated rings. The van der Waals surface area contributed by atoms with Crippen molar-refractivity contribution >= 4 is 121 Å². The van der Waals surface area contributed by atoms with E-state index in [0.29, 0.717) is 0 Å². The van der Waals surface area contributed by atoms with Crippen molar-refractivity contribution in [1.29, 1.82) is 0 Å². The number of nitrogens with zero attached hydrogens (tertiary/aromatic N) is 3. The van der Waals surface area contributed by atoms with Crippen LogP contribution in [0.3, 0.4) is 0 Å². The van der Waals surface area contributed by atoms with Gasteiger partial charge >= 0.3 is 6.85 Å². The van der Waals surface area contributed by atoms with Crippen molar-refractivity contribution in [3.63, 3.8) is 0 Å². The van der Waals surface area contributed by atoms with Crippen LogP contribution < -0.4 is 15.7 Å². The zero-order chi connectivity index (χ0) is 44.8. The van der Waals surface area contributed by atoms with E-state index in [1.807, 2.05) is 11.3 Å². The van der Waals surface area contributed by atoms with E-state index in [-0.39, 0.29) is 17.7 Å². The molecule has 13 aromatic rings. The van der Waals surface area contributed by atoms with E-state index >= 15 is 0 Å². The van der Waals surface area contributed by atoms with Gasteiger partial charge < -0.3 is 13.8 Å². The zero-order valence-corrected chi connectivity index (χ0v) is 39.3. The third-order valence-corrected chi connectivity index (χ3v) is 16.7. The van der Waals surface area contributed by atoms with Gasteiger partial charge in [-0.15, -0.1) is 11.3 Å². The van der Waals surface area contributed by atoms with Crippen LogP contribution in [-0.4, -0.2) is 15.8 Å². The van der Waals surface area contributed by atoms with E-state index in [1.165, 1.54) is 141 Å². The van der Waals surface area contributed by atoms with Crippen LogP contribution in [0, 0.1) is 0 Å². The highest BCUT2D eigenvalue weighted by atomic mass is 32.1. The Kier molecular flexibility index (Phi) is 7.20. The molecule has 67 heavy (non-hydrogen) atoms. The number of fused-ring (bicyclic) bond motifs is 17. The van der Waals surface area contributed by atoms with Crippen LogP contribution in [0.2, 0.25) is 0 Å². The van der Waals surface area contributed by atoms with Gasteiger partial charge in [-0.1, -0.05) is 151 Å². The molecule has 0 radical (unpaired) electrons. The lowest BCUT2D eigenvalue weighted by Crippen LogP contribution is -2.60. The molecule has 0 saturated heterocycles. The summed E-state index contributed by atoms with van der Waals surface area (Å²) in [6.07, 6.45) is 0. The third-order valence-electron chi connectivity index (χ3n) is 15.5. The summed E-state index contributed by atoms with van der Waals surface area (Å²) in [5.74, 6) is 0. The maximum atomic E-state index is 2.73. The maximum absolute atomic E-state index is 2.73. The number of aromatic nitrogens is 2. The smallest absolute Gasteiger partial charge is 0.333 e. The van der Waals surface area contributed by atoms with Crippen molar-refractivity contribution in [2.45, 2.75) is 52.4 Å². The van der Waals surface area contributed by atoms with Gasteiger partial charge in [0.2, 0.25) is 0 Å². The molecule has 6 heterocycles. The zero-order valence-electron chi connectivity index (χ0n) is 38.5. The molecule has 4 aromatic heterocycles. The van der Waals surface area contributed by atoms with Gasteiger partial charge in [-0.3, -0.25) is 0 Å². The van der Waals surface area contributed by atoms with Crippen LogP contribution in [0.15, 0.2) is 170 Å². The largest absolute Gasteiger partial charge is 0.376 e. The second kappa shape index (κ2) is 12.8. The number of hydrogen-bond donors (Lipinski definition) is 0. The van der Waals surface area contributed by atoms with E-state index in [1.54, 1.807) is 0 Å². The van der Waals surface area contributed by atoms with Crippen molar-refractivity contribution in [3.05, 3.63) is 181 Å². The summed E-state index contributed by atoms with van der Waals surface area (Å²) in [7, 11) is 0. The Balaban J connectivity index is 1.15. The minimum absolute atomic E-state index is 0.00250. The lowest BCUT2D eigenvalue weighted by atomic mass is 9.43. The summed E-state index contributed by atoms with van der Waals surface area (Å²) in [6, 6.07) is 65.2. The number of rotatable bonds is 2. The lowest BCUT2D eigenvalue weighted by molar-refractivity contribution is 0.590. The van der Waals surface area contributed by atoms with E-state index < -0.39 is 0 Å². The highest BCUT2D eigenvalue weighted by Gasteiger charge is 2.46. The SMILES string of the molecule is CC(C)(C)c1ccc2c(c1)c1cc(C(C)(C)C)cc3c1n2-c1c2c(cc4c1sc1ccccc14)-c1cc4c5cccc6c7ccccc7n(c4cc1N(c1ccc(-c4ccccc4)cc1)B23)c65. The van der Waals surface area contributed by atoms with Gasteiger partial charge in [0.1, 0.15) is 0 Å². The molecule has 0 N–H and O–H groups in total. The molecule has 0 unspecified atom stereocenters. The molecule has 0 atom stereocenters. The molecular formula is C62H46BN3S. The van der Waals surface area contributed by atoms with Crippen LogP contribution in [0.5, 0.6) is 0 Å². The Morgan fingerprint density at radius 3 is 1.90 bits per heavy atom. The van der Waals surface area contributed by atoms with E-state index in [2.05, 4.69) is 225 Å². The fourth-order valence-electron chi connectivity index (χ4n) is 12.3. The molecule has 318 valence electrons. The second-order valence-electron chi connectivity index (χ2n) is 21.3. The number of benzene rings is 9. The Morgan fingerprint density at radius 2 is 1.10 bits per heavy atom. The molecule has 2 aliphatic rings. The van der Waals surface area contributed by atoms with Crippen molar-refractivity contribution < 1.29 is 0 Å². The van der Waals surface area contributed by atoms with Gasteiger partial charge in [0.15, 0.2) is 0 Å². The Bertz CT molecular complexity index is 4290. The Morgan fingerprint density at radius 1 is 0.448 bits per heavy atom. The molecule has 15 rings (SSSR count). The van der Waals surface area contributed by atoms with Gasteiger partial charge in [-0.2, -0.15) is 0 Å². The molecule has 0 spiro atoms. The molecule has 5 heteroatoms. The molecule has 9 aromatic carbocycles. The van der Waals surface area contributed by atoms with Crippen molar-refractivity contribution in [2.75, 3.05) is 4.81 Å². The monoisotopic (exact) mass is 875 g/mol. The fraction of sp³-hybridized carbons (Fsp3) is 0.129. The second-order valence-corrected chi connectivity index (χ2v) is 22.4. The van der Waals surface area contributed by atoms with Crippen LogP contribution in [-0.2, 0) is 10.8 Å². The van der Waals surface area contributed by atoms with Gasteiger partial charge in [0.25, 0.3) is 0 Å². The predicted octanol–water partition coefficient (Wildman–Crippen LogP) is 15.8. The number of hydrogen-bond acceptors (Lipinski definition) is 2. The van der Waals surface area contributed by atoms with Gasteiger partial charge in [-0.25, -0.2) is 0 Å². The third kappa shape index (κ3) is 4.92. The summed E-state index contributed by atoms with van der Waals surface area (Å²) in [4.78, 5) is 2.73. The first kappa shape index (κ1) is 37.8. The molecule has 0 amide bonds. The van der Waals surface area contributed by atoms with Crippen LogP contribution >= 0.6 is 11.3 Å². The van der Waals surface area contributed by atoms with E-state index in [9.17, 15) is 0 Å². The highest BCUT2D eigenvalue weighted by molar-refractivity contribution is 7.26. The molecular weight excluding hydrogens is 830 g/mol. The van der Waals surface area contributed by atoms with Gasteiger partial charge in [0, 0.05) is 64.7 Å². The molecule has 3 nitrogen and oxygen atoms in total. The average Bonchev–Trinajstić information content (AvgIpc) is 4.08. The molecule has 0 bridgehead atoms. The summed E-state index contributed by atoms with van der Waals surface area (Å²) >= 11 is 1.95. The number of thiophene rings is 1. The highest BCUT2D eigenvalue weighted by Crippen LogP contribution is 2.52. The molecule has 0 aliphatic carbocycles. The fourth-order valence-corrected chi connectivity index (χ4v) is 13.5. The quantitative estimate of drug-likeness (QED) is 0.158. The summed E-state index contributed by atoms with van der Waals surface area (Å²) < 4.78 is 7.92. The first-order valence-corrected chi connectivity index (χ1v) is 24.6. The topological polar surface area (TPSA) is 12.6 Å². The molecule has 2 aliphatic heterocycles. The first-order valence-electron chi connectivity index (χ1n) is 23.8. The normalized spacial score (nSPS) is 13.8. The number of para-hydroxylation sites is 2. The summed E-state index contributed by atoms with van der Waals surface area (Å²) in [6.45, 7) is 14.0. The average molecular weight is 876 g/mol. The number of anilines is 2. The van der Waals surface area contributed by atoms with Crippen molar-refractivity contribution in [1.82, 2.24) is 8.97 Å². The minimum atomic E-state index is -0.110.